The van der Waals surface area contributed by atoms with E-state index in [0.717, 1.165) is 31.8 Å². The second-order valence-corrected chi connectivity index (χ2v) is 23.7. The number of rotatable bonds is 5. The predicted octanol–water partition coefficient (Wildman–Crippen LogP) is 3.92. The molecular weight excluding hydrogens is 264 g/mol. The van der Waals surface area contributed by atoms with E-state index in [1.54, 1.807) is 0 Å². The van der Waals surface area contributed by atoms with E-state index in [2.05, 4.69) is 17.9 Å². The van der Waals surface area contributed by atoms with Crippen molar-refractivity contribution in [3.8, 4) is 0 Å². The average molecular weight is 274 g/mol. The molecule has 0 aromatic rings. The average Bonchev–Trinajstić information content (AvgIpc) is 1.91. The predicted molar refractivity (Wildman–Crippen MR) is 70.1 cm³/mol. The number of hydrogen-bond acceptors (Lipinski definition) is 1. The van der Waals surface area contributed by atoms with Crippen LogP contribution in [0.1, 0.15) is 0 Å². The monoisotopic (exact) mass is 274 g/mol. The zero-order chi connectivity index (χ0) is 7.11. The Balaban J connectivity index is 3.09. The molecule has 8 unspecified atom stereocenters. The second kappa shape index (κ2) is 9.49. The third kappa shape index (κ3) is 7.75. The van der Waals surface area contributed by atoms with Crippen molar-refractivity contribution in [3.05, 3.63) is 0 Å². The molecule has 56 valence electrons. The summed E-state index contributed by atoms with van der Waals surface area (Å²) < 4.78 is 0. The summed E-state index contributed by atoms with van der Waals surface area (Å²) in [5.41, 5.74) is 0. The van der Waals surface area contributed by atoms with E-state index in [1.807, 2.05) is 0 Å². The van der Waals surface area contributed by atoms with Gasteiger partial charge in [0.15, 0.2) is 0 Å². The van der Waals surface area contributed by atoms with Crippen molar-refractivity contribution in [1.82, 2.24) is 0 Å². The lowest BCUT2D eigenvalue weighted by molar-refractivity contribution is 0.660. The molecule has 0 saturated carbocycles. The van der Waals surface area contributed by atoms with Gasteiger partial charge in [0.1, 0.15) is 0 Å². The first-order valence-corrected chi connectivity index (χ1v) is 16.4. The summed E-state index contributed by atoms with van der Waals surface area (Å²) in [6.07, 6.45) is 0. The van der Waals surface area contributed by atoms with E-state index in [9.17, 15) is 0 Å². The van der Waals surface area contributed by atoms with Crippen LogP contribution in [-0.2, 0) is 0 Å². The molecule has 0 amide bonds. The highest BCUT2D eigenvalue weighted by molar-refractivity contribution is 8.92. The second-order valence-electron chi connectivity index (χ2n) is 0.946. The van der Waals surface area contributed by atoms with Gasteiger partial charge in [-0.2, -0.15) is 0 Å². The molecule has 0 rings (SSSR count). The zero-order valence-electron chi connectivity index (χ0n) is 4.55. The highest BCUT2D eigenvalue weighted by Crippen LogP contribution is 2.89. The Bertz CT molecular complexity index is 48.5. The van der Waals surface area contributed by atoms with Crippen LogP contribution in [0.4, 0.5) is 0 Å². The van der Waals surface area contributed by atoms with Crippen LogP contribution in [-0.4, -0.2) is 4.89 Å². The maximum Gasteiger partial charge on any atom is 0.0440 e. The van der Waals surface area contributed by atoms with Crippen LogP contribution >= 0.6 is 65.2 Å². The topological polar surface area (TPSA) is 20.2 Å². The fraction of sp³-hybridized carbons (Fsp3) is 0. The summed E-state index contributed by atoms with van der Waals surface area (Å²) in [7, 11) is 9.83. The lowest BCUT2D eigenvalue weighted by Gasteiger charge is -2.09. The normalized spacial score (nSPS) is 20.3. The minimum absolute atomic E-state index is 0.0457. The molecule has 0 aromatic heterocycles. The van der Waals surface area contributed by atoms with E-state index in [1.165, 1.54) is 0 Å². The standard InChI is InChI=1S/H10OP8/c1-4-9(6-3)8-7-5-2/h1,4-8H,2-3H2. The van der Waals surface area contributed by atoms with E-state index in [4.69, 9.17) is 4.89 Å². The fourth-order valence-electron chi connectivity index (χ4n) is 0.174. The Morgan fingerprint density at radius 1 is 1.33 bits per heavy atom. The molecule has 0 fully saturated rings. The molecule has 0 aliphatic heterocycles. The lowest BCUT2D eigenvalue weighted by atomic mass is 15.9. The van der Waals surface area contributed by atoms with E-state index in [-0.39, 0.29) is 15.5 Å². The quantitative estimate of drug-likeness (QED) is 0.753. The third-order valence-electron chi connectivity index (χ3n) is 0.469. The Hall–Kier alpha value is 3.40. The van der Waals surface area contributed by atoms with Crippen molar-refractivity contribution < 1.29 is 4.89 Å². The molecular formula is H10OP8. The van der Waals surface area contributed by atoms with Crippen molar-refractivity contribution >= 4 is 65.2 Å². The van der Waals surface area contributed by atoms with Crippen LogP contribution in [0.5, 0.6) is 0 Å². The maximum absolute atomic E-state index is 8.81. The van der Waals surface area contributed by atoms with Gasteiger partial charge in [0.25, 0.3) is 0 Å². The molecule has 0 saturated heterocycles. The molecule has 0 spiro atoms. The Morgan fingerprint density at radius 2 is 2.00 bits per heavy atom. The van der Waals surface area contributed by atoms with Crippen LogP contribution in [0.15, 0.2) is 0 Å². The summed E-state index contributed by atoms with van der Waals surface area (Å²) in [6, 6.07) is 0. The van der Waals surface area contributed by atoms with Gasteiger partial charge in [-0.25, -0.2) is 0 Å². The highest BCUT2D eigenvalue weighted by atomic mass is 33.0. The van der Waals surface area contributed by atoms with Gasteiger partial charge in [0.05, 0.1) is 0 Å². The smallest absolute Gasteiger partial charge is 0.0440 e. The summed E-state index contributed by atoms with van der Waals surface area (Å²) in [4.78, 5) is 8.81. The molecule has 0 aliphatic carbocycles. The van der Waals surface area contributed by atoms with E-state index >= 15 is 0 Å². The van der Waals surface area contributed by atoms with Gasteiger partial charge in [0.2, 0.25) is 0 Å². The highest BCUT2D eigenvalue weighted by Gasteiger charge is 2.01. The fourth-order valence-corrected chi connectivity index (χ4v) is 33.6. The molecule has 1 nitrogen and oxygen atoms in total. The Kier molecular flexibility index (Phi) is 13.1. The largest absolute Gasteiger partial charge is 0.372 e. The van der Waals surface area contributed by atoms with Crippen molar-refractivity contribution in [2.75, 3.05) is 0 Å². The van der Waals surface area contributed by atoms with Gasteiger partial charge < -0.3 is 4.89 Å². The van der Waals surface area contributed by atoms with Gasteiger partial charge in [-0.15, -0.1) is 17.9 Å². The molecule has 0 aliphatic rings. The molecule has 9 heteroatoms. The van der Waals surface area contributed by atoms with E-state index < -0.39 is 0 Å². The molecule has 0 aromatic carbocycles. The first kappa shape index (κ1) is 12.4. The Labute approximate surface area is 70.3 Å². The maximum atomic E-state index is 8.81. The Morgan fingerprint density at radius 3 is 2.33 bits per heavy atom. The molecule has 0 radical (unpaired) electrons. The van der Waals surface area contributed by atoms with Crippen LogP contribution in [0.2, 0.25) is 0 Å². The minimum Gasteiger partial charge on any atom is -0.372 e. The van der Waals surface area contributed by atoms with Gasteiger partial charge in [0, 0.05) is 8.50 Å². The van der Waals surface area contributed by atoms with Crippen molar-refractivity contribution in [2.24, 2.45) is 0 Å². The summed E-state index contributed by atoms with van der Waals surface area (Å²) in [6.45, 7) is 0.0457. The molecule has 0 heterocycles. The molecule has 8 atom stereocenters. The van der Waals surface area contributed by atoms with Crippen LogP contribution in [0.3, 0.4) is 0 Å². The van der Waals surface area contributed by atoms with Crippen LogP contribution in [0, 0.1) is 0 Å². The molecule has 1 N–H and O–H groups in total. The zero-order valence-corrected chi connectivity index (χ0v) is 12.8. The first-order valence-electron chi connectivity index (χ1n) is 1.97. The minimum atomic E-state index is 0.0457. The van der Waals surface area contributed by atoms with Gasteiger partial charge in [-0.05, 0) is 6.99 Å². The van der Waals surface area contributed by atoms with Crippen LogP contribution < -0.4 is 0 Å². The first-order chi connectivity index (χ1) is 4.35. The summed E-state index contributed by atoms with van der Waals surface area (Å²) >= 11 is 0. The molecule has 0 bridgehead atoms. The third-order valence-corrected chi connectivity index (χ3v) is 32.6. The van der Waals surface area contributed by atoms with E-state index in [0.29, 0.717) is 0 Å². The van der Waals surface area contributed by atoms with Gasteiger partial charge >= 0.3 is 0 Å². The number of hydrogen-bond donors (Lipinski definition) is 1. The van der Waals surface area contributed by atoms with Crippen molar-refractivity contribution in [2.45, 2.75) is 0 Å². The van der Waals surface area contributed by atoms with Gasteiger partial charge in [-0.3, -0.25) is 0 Å². The van der Waals surface area contributed by atoms with Crippen LogP contribution in [0.25, 0.3) is 0 Å². The lowest BCUT2D eigenvalue weighted by Crippen LogP contribution is -1.28. The summed E-state index contributed by atoms with van der Waals surface area (Å²) in [5.74, 6) is 0. The van der Waals surface area contributed by atoms with Crippen molar-refractivity contribution in [1.29, 1.82) is 0 Å². The van der Waals surface area contributed by atoms with Crippen molar-refractivity contribution in [3.63, 3.8) is 0 Å². The molecule has 9 heavy (non-hydrogen) atoms. The van der Waals surface area contributed by atoms with Gasteiger partial charge in [-0.1, -0.05) is 31.8 Å². The SMILES string of the molecule is OPP(PP)PPPP. The summed E-state index contributed by atoms with van der Waals surface area (Å²) in [5, 5.41) is 0.